The molecule has 0 aromatic heterocycles. The van der Waals surface area contributed by atoms with Gasteiger partial charge in [0.2, 0.25) is 15.7 Å². The van der Waals surface area contributed by atoms with Gasteiger partial charge in [0.25, 0.3) is 10.0 Å². The van der Waals surface area contributed by atoms with Crippen molar-refractivity contribution >= 4 is 42.8 Å². The minimum absolute atomic E-state index is 0.0269. The van der Waals surface area contributed by atoms with Crippen LogP contribution in [0, 0.1) is 13.8 Å². The van der Waals surface area contributed by atoms with Crippen LogP contribution >= 0.6 is 0 Å². The van der Waals surface area contributed by atoms with Crippen LogP contribution in [0.3, 0.4) is 0 Å². The summed E-state index contributed by atoms with van der Waals surface area (Å²) in [6.07, 6.45) is -4.64. The van der Waals surface area contributed by atoms with Gasteiger partial charge in [0.15, 0.2) is 11.5 Å². The third-order valence-corrected chi connectivity index (χ3v) is 10.0. The average molecular weight is 678 g/mol. The highest BCUT2D eigenvalue weighted by atomic mass is 32.2. The molecule has 4 rings (SSSR count). The van der Waals surface area contributed by atoms with Crippen LogP contribution in [0.15, 0.2) is 93.5 Å². The van der Waals surface area contributed by atoms with E-state index in [0.717, 1.165) is 17.7 Å². The van der Waals surface area contributed by atoms with Crippen LogP contribution in [-0.2, 0) is 30.8 Å². The number of ether oxygens (including phenoxy) is 2. The van der Waals surface area contributed by atoms with Crippen molar-refractivity contribution < 1.29 is 44.3 Å². The van der Waals surface area contributed by atoms with Gasteiger partial charge < -0.3 is 20.1 Å². The monoisotopic (exact) mass is 677 g/mol. The minimum Gasteiger partial charge on any atom is -0.493 e. The van der Waals surface area contributed by atoms with Gasteiger partial charge in [0, 0.05) is 17.4 Å². The second kappa shape index (κ2) is 13.3. The summed E-state index contributed by atoms with van der Waals surface area (Å²) in [5.74, 6) is 0.0218. The normalized spacial score (nSPS) is 11.9. The Morgan fingerprint density at radius 1 is 0.783 bits per heavy atom. The van der Waals surface area contributed by atoms with E-state index in [-0.39, 0.29) is 44.0 Å². The number of benzene rings is 4. The molecule has 244 valence electrons. The predicted octanol–water partition coefficient (Wildman–Crippen LogP) is 6.02. The fourth-order valence-corrected chi connectivity index (χ4v) is 7.31. The molecule has 0 aliphatic heterocycles. The lowest BCUT2D eigenvalue weighted by atomic mass is 10.1. The molecule has 1 amide bonds. The van der Waals surface area contributed by atoms with Crippen molar-refractivity contribution in [2.75, 3.05) is 36.1 Å². The SMILES string of the molecule is COc1ccc(S(=O)(=O)c2c(C)cc(C)cc2NCC(=O)Nc2ccc(S(=O)(=O)Nc3cccc(C(F)(F)F)c3)cc2)cc1OC. The van der Waals surface area contributed by atoms with E-state index in [2.05, 4.69) is 15.4 Å². The third-order valence-electron chi connectivity index (χ3n) is 6.68. The lowest BCUT2D eigenvalue weighted by Crippen LogP contribution is -2.23. The summed E-state index contributed by atoms with van der Waals surface area (Å²) in [4.78, 5) is 12.5. The average Bonchev–Trinajstić information content (AvgIpc) is 2.99. The fourth-order valence-electron chi connectivity index (χ4n) is 4.62. The highest BCUT2D eigenvalue weighted by Crippen LogP contribution is 2.36. The highest BCUT2D eigenvalue weighted by molar-refractivity contribution is 7.92. The zero-order valence-electron chi connectivity index (χ0n) is 25.0. The van der Waals surface area contributed by atoms with Crippen LogP contribution in [0.2, 0.25) is 0 Å². The van der Waals surface area contributed by atoms with Gasteiger partial charge in [-0.3, -0.25) is 9.52 Å². The molecular formula is C31H30F3N3O7S2. The molecule has 0 bridgehead atoms. The van der Waals surface area contributed by atoms with Crippen molar-refractivity contribution in [1.29, 1.82) is 0 Å². The van der Waals surface area contributed by atoms with Crippen molar-refractivity contribution in [3.8, 4) is 11.5 Å². The first kappa shape index (κ1) is 34.1. The Morgan fingerprint density at radius 3 is 2.07 bits per heavy atom. The molecule has 10 nitrogen and oxygen atoms in total. The number of carbonyl (C=O) groups excluding carboxylic acids is 1. The molecule has 0 aliphatic carbocycles. The molecule has 0 saturated heterocycles. The molecular weight excluding hydrogens is 647 g/mol. The van der Waals surface area contributed by atoms with Gasteiger partial charge in [-0.25, -0.2) is 16.8 Å². The molecule has 4 aromatic rings. The van der Waals surface area contributed by atoms with Gasteiger partial charge in [-0.15, -0.1) is 0 Å². The Bertz CT molecular complexity index is 1980. The van der Waals surface area contributed by atoms with E-state index in [1.165, 1.54) is 62.8 Å². The Kier molecular flexibility index (Phi) is 9.87. The van der Waals surface area contributed by atoms with Gasteiger partial charge in [-0.05, 0) is 85.6 Å². The maximum Gasteiger partial charge on any atom is 0.416 e. The molecule has 0 fully saturated rings. The van der Waals surface area contributed by atoms with Crippen LogP contribution in [0.25, 0.3) is 0 Å². The zero-order chi connectivity index (χ0) is 33.9. The standard InChI is InChI=1S/C31H30F3N3O7S2/c1-19-14-20(2)30(45(39,40)25-12-13-27(43-3)28(17-25)44-4)26(15-19)35-18-29(38)36-22-8-10-24(11-9-22)46(41,42)37-23-7-5-6-21(16-23)31(32,33)34/h5-17,35,37H,18H2,1-4H3,(H,36,38). The third kappa shape index (κ3) is 7.72. The molecule has 46 heavy (non-hydrogen) atoms. The van der Waals surface area contributed by atoms with Crippen LogP contribution < -0.4 is 24.8 Å². The van der Waals surface area contributed by atoms with Crippen LogP contribution in [0.1, 0.15) is 16.7 Å². The molecule has 0 heterocycles. The smallest absolute Gasteiger partial charge is 0.416 e. The first-order valence-corrected chi connectivity index (χ1v) is 16.4. The number of anilines is 3. The van der Waals surface area contributed by atoms with Crippen LogP contribution in [0.5, 0.6) is 11.5 Å². The molecule has 0 atom stereocenters. The second-order valence-electron chi connectivity index (χ2n) is 10.1. The predicted molar refractivity (Wildman–Crippen MR) is 167 cm³/mol. The van der Waals surface area contributed by atoms with Gasteiger partial charge in [-0.2, -0.15) is 13.2 Å². The number of sulfone groups is 1. The molecule has 0 aliphatic rings. The summed E-state index contributed by atoms with van der Waals surface area (Å²) in [6, 6.07) is 16.3. The lowest BCUT2D eigenvalue weighted by Gasteiger charge is -2.17. The van der Waals surface area contributed by atoms with Crippen molar-refractivity contribution in [2.24, 2.45) is 0 Å². The van der Waals surface area contributed by atoms with E-state index in [0.29, 0.717) is 17.4 Å². The van der Waals surface area contributed by atoms with Crippen LogP contribution in [0.4, 0.5) is 30.2 Å². The number of halogens is 3. The van der Waals surface area contributed by atoms with Crippen molar-refractivity contribution in [3.05, 3.63) is 95.6 Å². The summed E-state index contributed by atoms with van der Waals surface area (Å²) in [6.45, 7) is 3.08. The molecule has 3 N–H and O–H groups in total. The van der Waals surface area contributed by atoms with Gasteiger partial charge in [0.05, 0.1) is 46.7 Å². The molecule has 4 aromatic carbocycles. The van der Waals surface area contributed by atoms with Gasteiger partial charge in [-0.1, -0.05) is 12.1 Å². The number of aryl methyl sites for hydroxylation is 2. The van der Waals surface area contributed by atoms with E-state index in [1.54, 1.807) is 26.0 Å². The van der Waals surface area contributed by atoms with E-state index in [1.807, 2.05) is 0 Å². The Hall–Kier alpha value is -4.76. The molecule has 0 unspecified atom stereocenters. The highest BCUT2D eigenvalue weighted by Gasteiger charge is 2.31. The van der Waals surface area contributed by atoms with E-state index in [9.17, 15) is 34.8 Å². The molecule has 0 spiro atoms. The first-order chi connectivity index (χ1) is 21.5. The number of rotatable bonds is 11. The molecule has 0 saturated carbocycles. The maximum absolute atomic E-state index is 13.7. The van der Waals surface area contributed by atoms with Gasteiger partial charge in [0.1, 0.15) is 0 Å². The van der Waals surface area contributed by atoms with Gasteiger partial charge >= 0.3 is 6.18 Å². The summed E-state index contributed by atoms with van der Waals surface area (Å²) in [5.41, 5.74) is 0.353. The van der Waals surface area contributed by atoms with E-state index < -0.39 is 37.5 Å². The number of alkyl halides is 3. The number of hydrogen-bond acceptors (Lipinski definition) is 8. The maximum atomic E-state index is 13.7. The molecule has 15 heteroatoms. The number of amides is 1. The number of hydrogen-bond donors (Lipinski definition) is 3. The van der Waals surface area contributed by atoms with Crippen molar-refractivity contribution in [3.63, 3.8) is 0 Å². The fraction of sp³-hybridized carbons (Fsp3) is 0.194. The molecule has 0 radical (unpaired) electrons. The number of sulfonamides is 1. The van der Waals surface area contributed by atoms with Crippen molar-refractivity contribution in [1.82, 2.24) is 0 Å². The number of carbonyl (C=O) groups is 1. The summed E-state index contributed by atoms with van der Waals surface area (Å²) in [5, 5.41) is 5.48. The number of nitrogens with one attached hydrogen (secondary N) is 3. The first-order valence-electron chi connectivity index (χ1n) is 13.5. The lowest BCUT2D eigenvalue weighted by molar-refractivity contribution is -0.137. The van der Waals surface area contributed by atoms with E-state index in [4.69, 9.17) is 9.47 Å². The van der Waals surface area contributed by atoms with Crippen molar-refractivity contribution in [2.45, 2.75) is 34.7 Å². The zero-order valence-corrected chi connectivity index (χ0v) is 26.7. The quantitative estimate of drug-likeness (QED) is 0.175. The summed E-state index contributed by atoms with van der Waals surface area (Å²) < 4.78 is 105. The second-order valence-corrected chi connectivity index (χ2v) is 13.7. The Labute approximate surface area is 264 Å². The number of methoxy groups -OCH3 is 2. The Morgan fingerprint density at radius 2 is 1.43 bits per heavy atom. The largest absolute Gasteiger partial charge is 0.493 e. The minimum atomic E-state index is -4.64. The summed E-state index contributed by atoms with van der Waals surface area (Å²) in [7, 11) is -5.50. The Balaban J connectivity index is 1.48. The van der Waals surface area contributed by atoms with Crippen LogP contribution in [-0.4, -0.2) is 43.5 Å². The van der Waals surface area contributed by atoms with E-state index >= 15 is 0 Å². The summed E-state index contributed by atoms with van der Waals surface area (Å²) >= 11 is 0. The topological polar surface area (TPSA) is 140 Å².